The first-order chi connectivity index (χ1) is 16.0. The molecular weight excluding hydrogens is 516 g/mol. The smallest absolute Gasteiger partial charge is 0.340 e. The molecule has 0 unspecified atom stereocenters. The number of carbonyl (C=O) groups excluding carboxylic acids is 2. The molecule has 2 aromatic carbocycles. The summed E-state index contributed by atoms with van der Waals surface area (Å²) in [5.74, 6) is -1.94. The van der Waals surface area contributed by atoms with E-state index in [2.05, 4.69) is 10.3 Å². The number of nitrogens with zero attached hydrogens (tertiary/aromatic N) is 3. The minimum atomic E-state index is -4.05. The second-order valence-corrected chi connectivity index (χ2v) is 9.90. The number of ether oxygens (including phenoxy) is 1. The Hall–Kier alpha value is -3.95. The van der Waals surface area contributed by atoms with E-state index in [0.717, 1.165) is 48.7 Å². The van der Waals surface area contributed by atoms with Crippen LogP contribution in [-0.2, 0) is 19.4 Å². The van der Waals surface area contributed by atoms with E-state index in [4.69, 9.17) is 16.3 Å². The van der Waals surface area contributed by atoms with Crippen LogP contribution in [-0.4, -0.2) is 41.7 Å². The zero-order valence-electron chi connectivity index (χ0n) is 16.5. The fourth-order valence-corrected chi connectivity index (χ4v) is 5.10. The van der Waals surface area contributed by atoms with Crippen LogP contribution in [0.3, 0.4) is 0 Å². The summed E-state index contributed by atoms with van der Waals surface area (Å²) in [6.07, 6.45) is 0.992. The Balaban J connectivity index is 1.64. The SMILES string of the molecule is O=C(COC(=O)c1cc([N+](=O)[O-])ccc1Cl)Nc1ncc(S(=O)(=O)c2ccc([N+](=O)[O-])cc2)s1. The molecule has 1 N–H and O–H groups in total. The van der Waals surface area contributed by atoms with Crippen LogP contribution in [0.15, 0.2) is 57.8 Å². The molecule has 0 aliphatic heterocycles. The standard InChI is InChI=1S/C18H11ClN4O9S2/c19-14-6-3-11(23(28)29)7-13(14)17(25)32-9-15(24)21-18-20-8-16(33-18)34(30,31)12-4-1-10(2-5-12)22(26)27/h1-8H,9H2,(H,20,21,24). The van der Waals surface area contributed by atoms with Crippen LogP contribution < -0.4 is 5.32 Å². The number of halogens is 1. The quantitative estimate of drug-likeness (QED) is 0.259. The van der Waals surface area contributed by atoms with Crippen molar-refractivity contribution >= 4 is 61.2 Å². The van der Waals surface area contributed by atoms with E-state index in [-0.39, 0.29) is 30.5 Å². The summed E-state index contributed by atoms with van der Waals surface area (Å²) in [6.45, 7) is -0.804. The molecule has 0 aliphatic rings. The van der Waals surface area contributed by atoms with Gasteiger partial charge in [-0.05, 0) is 18.2 Å². The van der Waals surface area contributed by atoms with Gasteiger partial charge in [0.15, 0.2) is 11.7 Å². The summed E-state index contributed by atoms with van der Waals surface area (Å²) in [4.78, 5) is 47.9. The van der Waals surface area contributed by atoms with E-state index >= 15 is 0 Å². The van der Waals surface area contributed by atoms with Crippen molar-refractivity contribution in [2.24, 2.45) is 0 Å². The van der Waals surface area contributed by atoms with Gasteiger partial charge in [-0.3, -0.25) is 30.3 Å². The third-order valence-corrected chi connectivity index (χ3v) is 7.54. The molecule has 0 fully saturated rings. The predicted molar refractivity (Wildman–Crippen MR) is 118 cm³/mol. The summed E-state index contributed by atoms with van der Waals surface area (Å²) in [5, 5.41) is 23.6. The highest BCUT2D eigenvalue weighted by Crippen LogP contribution is 2.29. The number of anilines is 1. The lowest BCUT2D eigenvalue weighted by atomic mass is 10.2. The molecule has 1 amide bonds. The maximum absolute atomic E-state index is 12.7. The van der Waals surface area contributed by atoms with E-state index < -0.39 is 43.9 Å². The molecule has 0 saturated heterocycles. The molecule has 34 heavy (non-hydrogen) atoms. The fourth-order valence-electron chi connectivity index (χ4n) is 2.45. The molecule has 0 radical (unpaired) electrons. The number of hydrogen-bond acceptors (Lipinski definition) is 11. The molecule has 16 heteroatoms. The number of thiazole rings is 1. The monoisotopic (exact) mass is 526 g/mol. The Kier molecular flexibility index (Phi) is 7.19. The number of rotatable bonds is 8. The zero-order valence-corrected chi connectivity index (χ0v) is 18.9. The molecule has 3 rings (SSSR count). The average molecular weight is 527 g/mol. The molecule has 0 atom stereocenters. The predicted octanol–water partition coefficient (Wildman–Crippen LogP) is 3.24. The minimum absolute atomic E-state index is 0.114. The molecule has 13 nitrogen and oxygen atoms in total. The molecule has 0 aliphatic carbocycles. The normalized spacial score (nSPS) is 11.0. The van der Waals surface area contributed by atoms with Gasteiger partial charge in [-0.15, -0.1) is 0 Å². The van der Waals surface area contributed by atoms with Gasteiger partial charge in [0, 0.05) is 24.3 Å². The van der Waals surface area contributed by atoms with Crippen molar-refractivity contribution in [2.75, 3.05) is 11.9 Å². The third kappa shape index (κ3) is 5.51. The van der Waals surface area contributed by atoms with E-state index in [1.165, 1.54) is 0 Å². The fraction of sp³-hybridized carbons (Fsp3) is 0.0556. The molecular formula is C18H11ClN4O9S2. The molecule has 0 bridgehead atoms. The van der Waals surface area contributed by atoms with Crippen molar-refractivity contribution in [3.63, 3.8) is 0 Å². The summed E-state index contributed by atoms with van der Waals surface area (Å²) in [6, 6.07) is 7.36. The highest BCUT2D eigenvalue weighted by molar-refractivity contribution is 7.93. The Morgan fingerprint density at radius 1 is 1.06 bits per heavy atom. The highest BCUT2D eigenvalue weighted by Gasteiger charge is 2.23. The van der Waals surface area contributed by atoms with Crippen LogP contribution in [0.2, 0.25) is 5.02 Å². The number of nitro benzene ring substituents is 2. The average Bonchev–Trinajstić information content (AvgIpc) is 3.27. The number of sulfone groups is 1. The van der Waals surface area contributed by atoms with Gasteiger partial charge in [-0.2, -0.15) is 0 Å². The van der Waals surface area contributed by atoms with E-state index in [1.807, 2.05) is 0 Å². The Labute approximate surface area is 199 Å². The summed E-state index contributed by atoms with van der Waals surface area (Å²) >= 11 is 6.45. The summed E-state index contributed by atoms with van der Waals surface area (Å²) in [5.41, 5.74) is -0.989. The number of carbonyl (C=O) groups is 2. The summed E-state index contributed by atoms with van der Waals surface area (Å²) < 4.78 is 29.9. The van der Waals surface area contributed by atoms with Crippen molar-refractivity contribution < 1.29 is 32.6 Å². The lowest BCUT2D eigenvalue weighted by Crippen LogP contribution is -2.21. The van der Waals surface area contributed by atoms with Gasteiger partial charge < -0.3 is 4.74 Å². The van der Waals surface area contributed by atoms with Crippen LogP contribution in [0.5, 0.6) is 0 Å². The van der Waals surface area contributed by atoms with Crippen LogP contribution in [0.1, 0.15) is 10.4 Å². The van der Waals surface area contributed by atoms with Crippen molar-refractivity contribution in [2.45, 2.75) is 9.10 Å². The van der Waals surface area contributed by atoms with Crippen LogP contribution in [0.25, 0.3) is 0 Å². The second kappa shape index (κ2) is 9.90. The Morgan fingerprint density at radius 2 is 1.68 bits per heavy atom. The Bertz CT molecular complexity index is 1410. The van der Waals surface area contributed by atoms with Gasteiger partial charge in [-0.25, -0.2) is 18.2 Å². The number of amides is 1. The topological polar surface area (TPSA) is 189 Å². The zero-order chi connectivity index (χ0) is 25.0. The number of benzene rings is 2. The van der Waals surface area contributed by atoms with Crippen molar-refractivity contribution in [1.82, 2.24) is 4.98 Å². The summed E-state index contributed by atoms with van der Waals surface area (Å²) in [7, 11) is -4.05. The lowest BCUT2D eigenvalue weighted by Gasteiger charge is -2.06. The largest absolute Gasteiger partial charge is 0.452 e. The first kappa shape index (κ1) is 24.7. The Morgan fingerprint density at radius 3 is 2.29 bits per heavy atom. The number of nitro groups is 2. The van der Waals surface area contributed by atoms with Gasteiger partial charge in [0.1, 0.15) is 4.21 Å². The van der Waals surface area contributed by atoms with Crippen LogP contribution in [0, 0.1) is 20.2 Å². The molecule has 0 spiro atoms. The van der Waals surface area contributed by atoms with E-state index in [9.17, 15) is 38.2 Å². The number of non-ortho nitro benzene ring substituents is 2. The molecule has 1 heterocycles. The van der Waals surface area contributed by atoms with Crippen LogP contribution >= 0.6 is 22.9 Å². The first-order valence-electron chi connectivity index (χ1n) is 8.85. The molecule has 176 valence electrons. The molecule has 1 aromatic heterocycles. The van der Waals surface area contributed by atoms with Crippen molar-refractivity contribution in [3.8, 4) is 0 Å². The molecule has 0 saturated carbocycles. The maximum Gasteiger partial charge on any atom is 0.340 e. The van der Waals surface area contributed by atoms with Gasteiger partial charge in [-0.1, -0.05) is 22.9 Å². The maximum atomic E-state index is 12.7. The van der Waals surface area contributed by atoms with Crippen molar-refractivity contribution in [1.29, 1.82) is 0 Å². The van der Waals surface area contributed by atoms with Gasteiger partial charge >= 0.3 is 5.97 Å². The number of esters is 1. The molecule has 3 aromatic rings. The first-order valence-corrected chi connectivity index (χ1v) is 11.5. The highest BCUT2D eigenvalue weighted by atomic mass is 35.5. The van der Waals surface area contributed by atoms with Gasteiger partial charge in [0.25, 0.3) is 17.3 Å². The lowest BCUT2D eigenvalue weighted by molar-refractivity contribution is -0.385. The minimum Gasteiger partial charge on any atom is -0.452 e. The number of nitrogens with one attached hydrogen (secondary N) is 1. The van der Waals surface area contributed by atoms with Crippen molar-refractivity contribution in [3.05, 3.63) is 79.5 Å². The van der Waals surface area contributed by atoms with Gasteiger partial charge in [0.2, 0.25) is 9.84 Å². The third-order valence-electron chi connectivity index (χ3n) is 4.07. The van der Waals surface area contributed by atoms with Crippen LogP contribution in [0.4, 0.5) is 16.5 Å². The van der Waals surface area contributed by atoms with E-state index in [0.29, 0.717) is 11.3 Å². The van der Waals surface area contributed by atoms with E-state index in [1.54, 1.807) is 0 Å². The van der Waals surface area contributed by atoms with Gasteiger partial charge in [0.05, 0.1) is 31.5 Å². The number of hydrogen-bond donors (Lipinski definition) is 1. The number of aromatic nitrogens is 1. The second-order valence-electron chi connectivity index (χ2n) is 6.28.